The van der Waals surface area contributed by atoms with Gasteiger partial charge in [-0.1, -0.05) is 90.2 Å². The van der Waals surface area contributed by atoms with Crippen LogP contribution in [0.5, 0.6) is 0 Å². The Bertz CT molecular complexity index is 806. The van der Waals surface area contributed by atoms with E-state index in [0.29, 0.717) is 0 Å². The minimum atomic E-state index is -2.09. The molecule has 1 rings (SSSR count). The van der Waals surface area contributed by atoms with Crippen LogP contribution >= 0.6 is 0 Å². The molecular weight excluding hydrogens is 525 g/mol. The van der Waals surface area contributed by atoms with Crippen LogP contribution in [0.15, 0.2) is 48.6 Å². The highest BCUT2D eigenvalue weighted by atomic mass is 28.4. The molecule has 0 unspecified atom stereocenters. The van der Waals surface area contributed by atoms with Crippen LogP contribution in [0, 0.1) is 0 Å². The summed E-state index contributed by atoms with van der Waals surface area (Å²) in [6, 6.07) is 0. The predicted octanol–water partition coefficient (Wildman–Crippen LogP) is 7.27. The molecule has 0 aliphatic carbocycles. The molecule has 6 atom stereocenters. The zero-order valence-electron chi connectivity index (χ0n) is 27.1. The lowest BCUT2D eigenvalue weighted by Crippen LogP contribution is -2.46. The first kappa shape index (κ1) is 36.2. The molecule has 0 aromatic rings. The van der Waals surface area contributed by atoms with E-state index in [9.17, 15) is 10.2 Å². The summed E-state index contributed by atoms with van der Waals surface area (Å²) in [5.74, 6) is -0.805. The van der Waals surface area contributed by atoms with Gasteiger partial charge in [0, 0.05) is 0 Å². The fourth-order valence-electron chi connectivity index (χ4n) is 3.64. The summed E-state index contributed by atoms with van der Waals surface area (Å²) in [6.45, 7) is 29.4. The summed E-state index contributed by atoms with van der Waals surface area (Å²) < 4.78 is 25.2. The minimum absolute atomic E-state index is 0.0263. The van der Waals surface area contributed by atoms with Crippen molar-refractivity contribution in [3.63, 3.8) is 0 Å². The van der Waals surface area contributed by atoms with Gasteiger partial charge < -0.3 is 28.5 Å². The Labute approximate surface area is 241 Å². The third-order valence-corrected chi connectivity index (χ3v) is 17.0. The Morgan fingerprint density at radius 2 is 0.974 bits per heavy atom. The van der Waals surface area contributed by atoms with E-state index < -0.39 is 59.0 Å². The first-order valence-corrected chi connectivity index (χ1v) is 20.1. The summed E-state index contributed by atoms with van der Waals surface area (Å²) in [7, 11) is -4.18. The van der Waals surface area contributed by atoms with Crippen molar-refractivity contribution in [3.05, 3.63) is 48.6 Å². The maximum absolute atomic E-state index is 11.1. The molecule has 1 fully saturated rings. The number of hydrogen-bond donors (Lipinski definition) is 2. The van der Waals surface area contributed by atoms with Gasteiger partial charge in [-0.15, -0.1) is 0 Å². The van der Waals surface area contributed by atoms with Crippen molar-refractivity contribution in [2.45, 2.75) is 148 Å². The highest BCUT2D eigenvalue weighted by Gasteiger charge is 2.42. The Hall–Kier alpha value is -0.846. The molecule has 8 heteroatoms. The summed E-state index contributed by atoms with van der Waals surface area (Å²) in [5.41, 5.74) is 0. The number of aliphatic hydroxyl groups is 2. The average molecular weight is 583 g/mol. The van der Waals surface area contributed by atoms with E-state index >= 15 is 0 Å². The van der Waals surface area contributed by atoms with E-state index in [1.807, 2.05) is 64.2 Å². The summed E-state index contributed by atoms with van der Waals surface area (Å²) >= 11 is 0. The standard InChI is InChI=1S/C31H58O6Si2/c1-15-17-25(36-38(11,12)29(3,4)5)23(32)19-21-27-28(35-31(9,10)34-27)22-20-24(33)26(18-16-2)37-39(13,14)30(6,7)8/h15-28,32-33H,1-14H3/b17-15+,18-16+,21-19?,22-20?/t23-,24-,25-,26-,27-,28-/m0/s1. The van der Waals surface area contributed by atoms with E-state index in [2.05, 4.69) is 67.7 Å². The molecule has 6 nitrogen and oxygen atoms in total. The van der Waals surface area contributed by atoms with Crippen molar-refractivity contribution in [2.24, 2.45) is 0 Å². The zero-order valence-corrected chi connectivity index (χ0v) is 29.1. The van der Waals surface area contributed by atoms with E-state index in [1.165, 1.54) is 0 Å². The predicted molar refractivity (Wildman–Crippen MR) is 168 cm³/mol. The van der Waals surface area contributed by atoms with Crippen molar-refractivity contribution < 1.29 is 28.5 Å². The van der Waals surface area contributed by atoms with Gasteiger partial charge in [0.2, 0.25) is 0 Å². The first-order valence-electron chi connectivity index (χ1n) is 14.3. The van der Waals surface area contributed by atoms with Gasteiger partial charge in [0.1, 0.15) is 24.4 Å². The van der Waals surface area contributed by atoms with Crippen LogP contribution in [0.4, 0.5) is 0 Å². The second-order valence-corrected chi connectivity index (χ2v) is 23.6. The topological polar surface area (TPSA) is 77.4 Å². The lowest BCUT2D eigenvalue weighted by Gasteiger charge is -2.39. The number of rotatable bonds is 12. The first-order chi connectivity index (χ1) is 17.6. The second kappa shape index (κ2) is 13.9. The van der Waals surface area contributed by atoms with Crippen LogP contribution in [0.1, 0.15) is 69.2 Å². The molecule has 2 N–H and O–H groups in total. The highest BCUT2D eigenvalue weighted by Crippen LogP contribution is 2.39. The molecule has 0 saturated carbocycles. The van der Waals surface area contributed by atoms with Gasteiger partial charge in [-0.05, 0) is 64.0 Å². The summed E-state index contributed by atoms with van der Waals surface area (Å²) in [6.07, 6.45) is 11.3. The van der Waals surface area contributed by atoms with E-state index in [-0.39, 0.29) is 10.1 Å². The van der Waals surface area contributed by atoms with Crippen molar-refractivity contribution in [1.82, 2.24) is 0 Å². The second-order valence-electron chi connectivity index (χ2n) is 14.1. The zero-order chi connectivity index (χ0) is 30.4. The third-order valence-electron chi connectivity index (χ3n) is 8.07. The van der Waals surface area contributed by atoms with Crippen LogP contribution in [-0.4, -0.2) is 69.3 Å². The quantitative estimate of drug-likeness (QED) is 0.186. The van der Waals surface area contributed by atoms with Gasteiger partial charge in [-0.25, -0.2) is 0 Å². The van der Waals surface area contributed by atoms with Crippen molar-refractivity contribution in [2.75, 3.05) is 0 Å². The largest absolute Gasteiger partial charge is 0.408 e. The summed E-state index contributed by atoms with van der Waals surface area (Å²) in [4.78, 5) is 0. The normalized spacial score (nSPS) is 24.8. The molecule has 226 valence electrons. The van der Waals surface area contributed by atoms with Gasteiger partial charge in [0.05, 0.1) is 12.2 Å². The maximum atomic E-state index is 11.1. The lowest BCUT2D eigenvalue weighted by atomic mass is 10.1. The van der Waals surface area contributed by atoms with Gasteiger partial charge in [0.15, 0.2) is 22.4 Å². The molecule has 1 aliphatic heterocycles. The fraction of sp³-hybridized carbons (Fsp3) is 0.742. The van der Waals surface area contributed by atoms with Crippen molar-refractivity contribution in [1.29, 1.82) is 0 Å². The van der Waals surface area contributed by atoms with Crippen LogP contribution < -0.4 is 0 Å². The molecule has 1 heterocycles. The number of ether oxygens (including phenoxy) is 2. The fourth-order valence-corrected chi connectivity index (χ4v) is 6.14. The molecule has 0 spiro atoms. The van der Waals surface area contributed by atoms with Crippen LogP contribution in [-0.2, 0) is 18.3 Å². The van der Waals surface area contributed by atoms with E-state index in [0.717, 1.165) is 0 Å². The Morgan fingerprint density at radius 3 is 1.23 bits per heavy atom. The van der Waals surface area contributed by atoms with Crippen molar-refractivity contribution >= 4 is 16.6 Å². The smallest absolute Gasteiger partial charge is 0.193 e. The Morgan fingerprint density at radius 1 is 0.667 bits per heavy atom. The molecule has 0 aromatic carbocycles. The molecule has 39 heavy (non-hydrogen) atoms. The van der Waals surface area contributed by atoms with E-state index in [1.54, 1.807) is 12.2 Å². The van der Waals surface area contributed by atoms with Gasteiger partial charge in [-0.3, -0.25) is 0 Å². The third kappa shape index (κ3) is 10.8. The van der Waals surface area contributed by atoms with Gasteiger partial charge in [-0.2, -0.15) is 0 Å². The minimum Gasteiger partial charge on any atom is -0.408 e. The van der Waals surface area contributed by atoms with Crippen LogP contribution in [0.2, 0.25) is 36.3 Å². The van der Waals surface area contributed by atoms with E-state index in [4.69, 9.17) is 18.3 Å². The van der Waals surface area contributed by atoms with Gasteiger partial charge >= 0.3 is 0 Å². The molecule has 1 aliphatic rings. The number of aliphatic hydroxyl groups excluding tert-OH is 2. The maximum Gasteiger partial charge on any atom is 0.193 e. The number of allylic oxidation sites excluding steroid dienone is 2. The molecule has 1 saturated heterocycles. The van der Waals surface area contributed by atoms with Crippen LogP contribution in [0.25, 0.3) is 0 Å². The SMILES string of the molecule is C/C=C/[C@H](O[Si](C)(C)C(C)(C)C)[C@@H](O)C=C[C@@H]1OC(C)(C)O[C@H]1C=C[C@H](O)[C@H](/C=C/C)O[Si](C)(C)C(C)(C)C. The molecule has 0 amide bonds. The molecule has 0 radical (unpaired) electrons. The lowest BCUT2D eigenvalue weighted by molar-refractivity contribution is -0.139. The Kier molecular flexibility index (Phi) is 12.9. The van der Waals surface area contributed by atoms with Gasteiger partial charge in [0.25, 0.3) is 0 Å². The Balaban J connectivity index is 3.10. The summed E-state index contributed by atoms with van der Waals surface area (Å²) in [5, 5.41) is 22.2. The molecule has 0 bridgehead atoms. The van der Waals surface area contributed by atoms with Crippen molar-refractivity contribution in [3.8, 4) is 0 Å². The highest BCUT2D eigenvalue weighted by molar-refractivity contribution is 6.74. The molecule has 0 aromatic heterocycles. The monoisotopic (exact) mass is 582 g/mol. The molecular formula is C31H58O6Si2. The van der Waals surface area contributed by atoms with Crippen LogP contribution in [0.3, 0.4) is 0 Å². The average Bonchev–Trinajstić information content (AvgIpc) is 3.06. The number of hydrogen-bond acceptors (Lipinski definition) is 6.